The topological polar surface area (TPSA) is 45.2 Å². The molecule has 4 nitrogen and oxygen atoms in total. The molecule has 1 fully saturated rings. The van der Waals surface area contributed by atoms with Crippen molar-refractivity contribution in [3.8, 4) is 0 Å². The first-order valence-corrected chi connectivity index (χ1v) is 9.70. The summed E-state index contributed by atoms with van der Waals surface area (Å²) in [5.41, 5.74) is 2.50. The van der Waals surface area contributed by atoms with Gasteiger partial charge in [0.15, 0.2) is 0 Å². The summed E-state index contributed by atoms with van der Waals surface area (Å²) in [7, 11) is 0. The van der Waals surface area contributed by atoms with Crippen LogP contribution in [0.25, 0.3) is 0 Å². The first kappa shape index (κ1) is 18.6. The molecule has 1 amide bonds. The van der Waals surface area contributed by atoms with E-state index in [1.165, 1.54) is 5.56 Å². The summed E-state index contributed by atoms with van der Waals surface area (Å²) in [6.07, 6.45) is 7.31. The Morgan fingerprint density at radius 1 is 1.15 bits per heavy atom. The van der Waals surface area contributed by atoms with Crippen molar-refractivity contribution in [1.29, 1.82) is 0 Å². The third-order valence-corrected chi connectivity index (χ3v) is 5.28. The van der Waals surface area contributed by atoms with Gasteiger partial charge in [-0.1, -0.05) is 37.3 Å². The van der Waals surface area contributed by atoms with Crippen molar-refractivity contribution in [2.75, 3.05) is 13.1 Å². The Hall–Kier alpha value is -2.20. The van der Waals surface area contributed by atoms with Crippen LogP contribution in [0.4, 0.5) is 0 Å². The first-order valence-electron chi connectivity index (χ1n) is 9.70. The number of rotatable bonds is 7. The lowest BCUT2D eigenvalue weighted by Crippen LogP contribution is -2.36. The van der Waals surface area contributed by atoms with Crippen molar-refractivity contribution < 1.29 is 4.79 Å². The van der Waals surface area contributed by atoms with Gasteiger partial charge in [0.2, 0.25) is 5.91 Å². The number of pyridine rings is 1. The third-order valence-electron chi connectivity index (χ3n) is 5.28. The number of likely N-dealkylation sites (tertiary alicyclic amines) is 1. The van der Waals surface area contributed by atoms with Gasteiger partial charge >= 0.3 is 0 Å². The molecule has 1 aliphatic rings. The molecule has 0 spiro atoms. The average molecular weight is 351 g/mol. The monoisotopic (exact) mass is 351 g/mol. The van der Waals surface area contributed by atoms with E-state index in [2.05, 4.69) is 52.5 Å². The molecule has 1 aromatic carbocycles. The zero-order valence-electron chi connectivity index (χ0n) is 15.6. The first-order chi connectivity index (χ1) is 12.7. The van der Waals surface area contributed by atoms with Gasteiger partial charge in [0.1, 0.15) is 0 Å². The van der Waals surface area contributed by atoms with Crippen molar-refractivity contribution in [1.82, 2.24) is 15.2 Å². The van der Waals surface area contributed by atoms with Crippen molar-refractivity contribution >= 4 is 5.91 Å². The lowest BCUT2D eigenvalue weighted by Gasteiger charge is -2.32. The molecule has 4 heteroatoms. The molecular weight excluding hydrogens is 322 g/mol. The van der Waals surface area contributed by atoms with E-state index in [1.807, 2.05) is 12.1 Å². The number of hydrogen-bond acceptors (Lipinski definition) is 3. The van der Waals surface area contributed by atoms with Crippen LogP contribution in [0.1, 0.15) is 49.8 Å². The van der Waals surface area contributed by atoms with Crippen molar-refractivity contribution in [3.63, 3.8) is 0 Å². The van der Waals surface area contributed by atoms with E-state index in [-0.39, 0.29) is 11.9 Å². The van der Waals surface area contributed by atoms with Gasteiger partial charge in [-0.05, 0) is 61.5 Å². The maximum Gasteiger partial charge on any atom is 0.220 e. The fourth-order valence-electron chi connectivity index (χ4n) is 3.72. The van der Waals surface area contributed by atoms with Crippen molar-refractivity contribution in [2.24, 2.45) is 5.92 Å². The molecule has 2 heterocycles. The van der Waals surface area contributed by atoms with E-state index in [4.69, 9.17) is 0 Å². The molecule has 1 saturated heterocycles. The van der Waals surface area contributed by atoms with Crippen LogP contribution in [-0.2, 0) is 11.3 Å². The van der Waals surface area contributed by atoms with Gasteiger partial charge < -0.3 is 5.32 Å². The zero-order valence-corrected chi connectivity index (χ0v) is 15.6. The van der Waals surface area contributed by atoms with Crippen LogP contribution in [0.3, 0.4) is 0 Å². The summed E-state index contributed by atoms with van der Waals surface area (Å²) in [5.74, 6) is 0.673. The number of benzene rings is 1. The third kappa shape index (κ3) is 5.40. The van der Waals surface area contributed by atoms with Crippen LogP contribution >= 0.6 is 0 Å². The Morgan fingerprint density at radius 2 is 1.85 bits per heavy atom. The van der Waals surface area contributed by atoms with Crippen LogP contribution in [0.2, 0.25) is 0 Å². The quantitative estimate of drug-likeness (QED) is 0.821. The van der Waals surface area contributed by atoms with Gasteiger partial charge in [-0.15, -0.1) is 0 Å². The molecule has 0 aliphatic carbocycles. The summed E-state index contributed by atoms with van der Waals surface area (Å²) >= 11 is 0. The summed E-state index contributed by atoms with van der Waals surface area (Å²) in [5, 5.41) is 3.20. The van der Waals surface area contributed by atoms with Gasteiger partial charge in [0, 0.05) is 25.4 Å². The number of nitrogens with zero attached hydrogens (tertiary/aromatic N) is 2. The minimum Gasteiger partial charge on any atom is -0.349 e. The smallest absolute Gasteiger partial charge is 0.220 e. The second-order valence-electron chi connectivity index (χ2n) is 7.22. The molecule has 1 N–H and O–H groups in total. The molecule has 1 aliphatic heterocycles. The van der Waals surface area contributed by atoms with Gasteiger partial charge in [-0.3, -0.25) is 14.7 Å². The van der Waals surface area contributed by atoms with E-state index < -0.39 is 0 Å². The Labute approximate surface area is 156 Å². The van der Waals surface area contributed by atoms with Gasteiger partial charge in [-0.2, -0.15) is 0 Å². The molecule has 0 radical (unpaired) electrons. The van der Waals surface area contributed by atoms with E-state index >= 15 is 0 Å². The van der Waals surface area contributed by atoms with Gasteiger partial charge in [0.25, 0.3) is 0 Å². The van der Waals surface area contributed by atoms with Crippen LogP contribution in [0, 0.1) is 5.92 Å². The maximum absolute atomic E-state index is 12.5. The number of hydrogen-bond donors (Lipinski definition) is 1. The van der Waals surface area contributed by atoms with Crippen molar-refractivity contribution in [2.45, 2.75) is 45.2 Å². The summed E-state index contributed by atoms with van der Waals surface area (Å²) < 4.78 is 0. The zero-order chi connectivity index (χ0) is 18.2. The number of nitrogens with one attached hydrogen (secondary N) is 1. The Kier molecular flexibility index (Phi) is 6.78. The minimum atomic E-state index is 0.0867. The summed E-state index contributed by atoms with van der Waals surface area (Å²) in [6, 6.07) is 14.7. The van der Waals surface area contributed by atoms with Crippen LogP contribution in [-0.4, -0.2) is 28.9 Å². The highest BCUT2D eigenvalue weighted by Gasteiger charge is 2.22. The Bertz CT molecular complexity index is 666. The predicted octanol–water partition coefficient (Wildman–Crippen LogP) is 3.95. The minimum absolute atomic E-state index is 0.0867. The molecule has 0 unspecified atom stereocenters. The van der Waals surface area contributed by atoms with Crippen LogP contribution in [0.15, 0.2) is 54.9 Å². The molecule has 0 bridgehead atoms. The SMILES string of the molecule is CC[C@@H](NC(=O)CC1CCN(Cc2ccccc2)CC1)c1ccncc1. The lowest BCUT2D eigenvalue weighted by molar-refractivity contribution is -0.123. The van der Waals surface area contributed by atoms with Gasteiger partial charge in [-0.25, -0.2) is 0 Å². The number of carbonyl (C=O) groups is 1. The number of amides is 1. The molecule has 0 saturated carbocycles. The second-order valence-corrected chi connectivity index (χ2v) is 7.22. The van der Waals surface area contributed by atoms with Gasteiger partial charge in [0.05, 0.1) is 6.04 Å². The summed E-state index contributed by atoms with van der Waals surface area (Å²) in [4.78, 5) is 19.0. The van der Waals surface area contributed by atoms with E-state index in [0.29, 0.717) is 12.3 Å². The van der Waals surface area contributed by atoms with Crippen molar-refractivity contribution in [3.05, 3.63) is 66.0 Å². The maximum atomic E-state index is 12.5. The molecule has 138 valence electrons. The normalized spacial score (nSPS) is 17.0. The molecule has 1 aromatic heterocycles. The highest BCUT2D eigenvalue weighted by Crippen LogP contribution is 2.23. The Balaban J connectivity index is 1.43. The molecule has 2 aromatic rings. The standard InChI is InChI=1S/C22H29N3O/c1-2-21(20-8-12-23-13-9-20)24-22(26)16-18-10-14-25(15-11-18)17-19-6-4-3-5-7-19/h3-9,12-13,18,21H,2,10-11,14-17H2,1H3,(H,24,26)/t21-/m1/s1. The lowest BCUT2D eigenvalue weighted by atomic mass is 9.92. The van der Waals surface area contributed by atoms with Crippen LogP contribution in [0.5, 0.6) is 0 Å². The largest absolute Gasteiger partial charge is 0.349 e. The molecule has 26 heavy (non-hydrogen) atoms. The molecule has 3 rings (SSSR count). The number of carbonyl (C=O) groups excluding carboxylic acids is 1. The molecule has 1 atom stereocenters. The average Bonchev–Trinajstić information content (AvgIpc) is 2.69. The van der Waals surface area contributed by atoms with E-state index in [0.717, 1.165) is 44.5 Å². The second kappa shape index (κ2) is 9.48. The predicted molar refractivity (Wildman–Crippen MR) is 104 cm³/mol. The fraction of sp³-hybridized carbons (Fsp3) is 0.455. The molecular formula is C22H29N3O. The number of piperidine rings is 1. The van der Waals surface area contributed by atoms with Crippen LogP contribution < -0.4 is 5.32 Å². The Morgan fingerprint density at radius 3 is 2.50 bits per heavy atom. The highest BCUT2D eigenvalue weighted by atomic mass is 16.1. The summed E-state index contributed by atoms with van der Waals surface area (Å²) in [6.45, 7) is 5.27. The van der Waals surface area contributed by atoms with E-state index in [9.17, 15) is 4.79 Å². The van der Waals surface area contributed by atoms with E-state index in [1.54, 1.807) is 12.4 Å². The number of aromatic nitrogens is 1. The fourth-order valence-corrected chi connectivity index (χ4v) is 3.72. The highest BCUT2D eigenvalue weighted by molar-refractivity contribution is 5.76.